The Balaban J connectivity index is 1.37. The first kappa shape index (κ1) is 19.8. The molecule has 0 unspecified atom stereocenters. The molecular formula is C22H17ClF3N5. The van der Waals surface area contributed by atoms with Crippen LogP contribution in [0.2, 0.25) is 5.15 Å². The summed E-state index contributed by atoms with van der Waals surface area (Å²) in [4.78, 5) is 8.35. The molecule has 3 heterocycles. The third-order valence-electron chi connectivity index (χ3n) is 5.30. The summed E-state index contributed by atoms with van der Waals surface area (Å²) in [5.74, 6) is 1.20. The lowest BCUT2D eigenvalue weighted by Gasteiger charge is -2.12. The van der Waals surface area contributed by atoms with Gasteiger partial charge in [0.15, 0.2) is 5.65 Å². The molecule has 1 aliphatic carbocycles. The molecule has 0 spiro atoms. The minimum absolute atomic E-state index is 0.0821. The smallest absolute Gasteiger partial charge is 0.366 e. The van der Waals surface area contributed by atoms with E-state index in [9.17, 15) is 13.2 Å². The number of pyridine rings is 1. The van der Waals surface area contributed by atoms with Crippen LogP contribution >= 0.6 is 11.6 Å². The second-order valence-electron chi connectivity index (χ2n) is 7.52. The second-order valence-corrected chi connectivity index (χ2v) is 7.91. The lowest BCUT2D eigenvalue weighted by Crippen LogP contribution is -2.08. The molecule has 31 heavy (non-hydrogen) atoms. The Kier molecular flexibility index (Phi) is 4.81. The lowest BCUT2D eigenvalue weighted by atomic mass is 10.0. The van der Waals surface area contributed by atoms with Crippen molar-refractivity contribution < 1.29 is 13.2 Å². The fourth-order valence-electron chi connectivity index (χ4n) is 3.60. The van der Waals surface area contributed by atoms with Crippen LogP contribution in [0.4, 0.5) is 19.0 Å². The maximum Gasteiger partial charge on any atom is 0.418 e. The fraction of sp³-hybridized carbons (Fsp3) is 0.227. The summed E-state index contributed by atoms with van der Waals surface area (Å²) in [6.45, 7) is 0.447. The number of nitrogens with zero attached hydrogens (tertiary/aromatic N) is 4. The van der Waals surface area contributed by atoms with Crippen LogP contribution in [-0.4, -0.2) is 19.6 Å². The predicted octanol–water partition coefficient (Wildman–Crippen LogP) is 5.95. The van der Waals surface area contributed by atoms with Crippen molar-refractivity contribution in [1.82, 2.24) is 19.6 Å². The van der Waals surface area contributed by atoms with E-state index in [1.54, 1.807) is 34.8 Å². The minimum Gasteiger partial charge on any atom is -0.366 e. The van der Waals surface area contributed by atoms with Gasteiger partial charge in [-0.3, -0.25) is 4.98 Å². The third-order valence-corrected chi connectivity index (χ3v) is 5.49. The summed E-state index contributed by atoms with van der Waals surface area (Å²) in [7, 11) is 0. The molecule has 0 bridgehead atoms. The van der Waals surface area contributed by atoms with Crippen molar-refractivity contribution in [1.29, 1.82) is 0 Å². The van der Waals surface area contributed by atoms with Gasteiger partial charge in [-0.25, -0.2) is 4.98 Å². The summed E-state index contributed by atoms with van der Waals surface area (Å²) in [6.07, 6.45) is 1.01. The summed E-state index contributed by atoms with van der Waals surface area (Å²) < 4.78 is 41.5. The van der Waals surface area contributed by atoms with Crippen LogP contribution in [-0.2, 0) is 12.7 Å². The Bertz CT molecular complexity index is 1250. The SMILES string of the molecule is FC(F)(F)c1cccnc1-c1ccc(CNc2cc(Cl)nc3c(C4CC4)cnn23)cc1. The van der Waals surface area contributed by atoms with Crippen molar-refractivity contribution in [2.75, 3.05) is 5.32 Å². The van der Waals surface area contributed by atoms with Gasteiger partial charge >= 0.3 is 6.18 Å². The zero-order valence-corrected chi connectivity index (χ0v) is 17.0. The van der Waals surface area contributed by atoms with E-state index in [4.69, 9.17) is 11.6 Å². The molecule has 1 fully saturated rings. The van der Waals surface area contributed by atoms with Gasteiger partial charge in [-0.05, 0) is 36.5 Å². The van der Waals surface area contributed by atoms with Crippen molar-refractivity contribution in [3.63, 3.8) is 0 Å². The first-order valence-corrected chi connectivity index (χ1v) is 10.2. The molecule has 0 amide bonds. The normalized spacial score (nSPS) is 14.2. The van der Waals surface area contributed by atoms with Crippen LogP contribution in [0.5, 0.6) is 0 Å². The number of benzene rings is 1. The van der Waals surface area contributed by atoms with E-state index >= 15 is 0 Å². The first-order valence-electron chi connectivity index (χ1n) is 9.80. The molecule has 1 aromatic carbocycles. The Labute approximate surface area is 180 Å². The molecule has 1 saturated carbocycles. The highest BCUT2D eigenvalue weighted by molar-refractivity contribution is 6.29. The van der Waals surface area contributed by atoms with E-state index in [1.807, 2.05) is 6.20 Å². The van der Waals surface area contributed by atoms with Gasteiger partial charge in [0, 0.05) is 29.9 Å². The van der Waals surface area contributed by atoms with Gasteiger partial charge in [0.25, 0.3) is 0 Å². The van der Waals surface area contributed by atoms with Crippen LogP contribution in [0, 0.1) is 0 Å². The average Bonchev–Trinajstić information content (AvgIpc) is 3.51. The quantitative estimate of drug-likeness (QED) is 0.387. The highest BCUT2D eigenvalue weighted by Crippen LogP contribution is 2.42. The van der Waals surface area contributed by atoms with E-state index < -0.39 is 11.7 Å². The summed E-state index contributed by atoms with van der Waals surface area (Å²) in [5, 5.41) is 8.11. The van der Waals surface area contributed by atoms with Gasteiger partial charge in [-0.1, -0.05) is 35.9 Å². The number of fused-ring (bicyclic) bond motifs is 1. The van der Waals surface area contributed by atoms with Crippen LogP contribution in [0.3, 0.4) is 0 Å². The predicted molar refractivity (Wildman–Crippen MR) is 112 cm³/mol. The number of nitrogens with one attached hydrogen (secondary N) is 1. The zero-order chi connectivity index (χ0) is 21.6. The number of anilines is 1. The van der Waals surface area contributed by atoms with E-state index in [1.165, 1.54) is 12.3 Å². The van der Waals surface area contributed by atoms with Crippen molar-refractivity contribution in [3.8, 4) is 11.3 Å². The number of alkyl halides is 3. The van der Waals surface area contributed by atoms with E-state index in [2.05, 4.69) is 20.4 Å². The summed E-state index contributed by atoms with van der Waals surface area (Å²) in [6, 6.07) is 10.9. The molecule has 3 aromatic heterocycles. The highest BCUT2D eigenvalue weighted by atomic mass is 35.5. The number of aromatic nitrogens is 4. The van der Waals surface area contributed by atoms with Crippen LogP contribution in [0.25, 0.3) is 16.9 Å². The van der Waals surface area contributed by atoms with Gasteiger partial charge in [0.05, 0.1) is 17.5 Å². The zero-order valence-electron chi connectivity index (χ0n) is 16.2. The molecule has 0 radical (unpaired) electrons. The topological polar surface area (TPSA) is 55.1 Å². The van der Waals surface area contributed by atoms with E-state index in [0.29, 0.717) is 29.0 Å². The second kappa shape index (κ2) is 7.53. The van der Waals surface area contributed by atoms with Crippen molar-refractivity contribution in [3.05, 3.63) is 76.7 Å². The standard InChI is InChI=1S/C22H17ClF3N5/c23-18-10-19(31-21(30-18)16(12-29-31)14-7-8-14)28-11-13-3-5-15(6-4-13)20-17(22(24,25)26)2-1-9-27-20/h1-6,9-10,12,14,28H,7-8,11H2. The Morgan fingerprint density at radius 1 is 1.13 bits per heavy atom. The molecule has 5 nitrogen and oxygen atoms in total. The molecule has 158 valence electrons. The van der Waals surface area contributed by atoms with Crippen molar-refractivity contribution in [2.24, 2.45) is 0 Å². The van der Waals surface area contributed by atoms with Gasteiger partial charge in [-0.15, -0.1) is 0 Å². The van der Waals surface area contributed by atoms with Gasteiger partial charge in [0.2, 0.25) is 0 Å². The maximum absolute atomic E-state index is 13.3. The summed E-state index contributed by atoms with van der Waals surface area (Å²) in [5.41, 5.74) is 2.32. The number of hydrogen-bond acceptors (Lipinski definition) is 4. The molecule has 0 saturated heterocycles. The van der Waals surface area contributed by atoms with Crippen LogP contribution in [0.15, 0.2) is 54.9 Å². The summed E-state index contributed by atoms with van der Waals surface area (Å²) >= 11 is 6.21. The van der Waals surface area contributed by atoms with Crippen LogP contribution < -0.4 is 5.32 Å². The minimum atomic E-state index is -4.46. The Morgan fingerprint density at radius 2 is 1.90 bits per heavy atom. The lowest BCUT2D eigenvalue weighted by molar-refractivity contribution is -0.137. The monoisotopic (exact) mass is 443 g/mol. The molecule has 1 aliphatic rings. The number of rotatable bonds is 5. The number of hydrogen-bond donors (Lipinski definition) is 1. The number of halogens is 4. The van der Waals surface area contributed by atoms with E-state index in [0.717, 1.165) is 35.7 Å². The van der Waals surface area contributed by atoms with Gasteiger partial charge in [-0.2, -0.15) is 22.8 Å². The first-order chi connectivity index (χ1) is 14.9. The Hall–Kier alpha value is -3.13. The molecule has 0 aliphatic heterocycles. The molecule has 4 aromatic rings. The third kappa shape index (κ3) is 3.95. The Morgan fingerprint density at radius 3 is 2.61 bits per heavy atom. The van der Waals surface area contributed by atoms with Crippen molar-refractivity contribution >= 4 is 23.1 Å². The highest BCUT2D eigenvalue weighted by Gasteiger charge is 2.34. The molecule has 0 atom stereocenters. The molecule has 9 heteroatoms. The van der Waals surface area contributed by atoms with E-state index in [-0.39, 0.29) is 5.69 Å². The molecule has 1 N–H and O–H groups in total. The van der Waals surface area contributed by atoms with Gasteiger partial charge in [0.1, 0.15) is 11.0 Å². The molecular weight excluding hydrogens is 427 g/mol. The maximum atomic E-state index is 13.3. The average molecular weight is 444 g/mol. The van der Waals surface area contributed by atoms with Gasteiger partial charge < -0.3 is 5.32 Å². The molecule has 5 rings (SSSR count). The van der Waals surface area contributed by atoms with Crippen molar-refractivity contribution in [2.45, 2.75) is 31.5 Å². The largest absolute Gasteiger partial charge is 0.418 e. The fourth-order valence-corrected chi connectivity index (χ4v) is 3.78. The van der Waals surface area contributed by atoms with Crippen LogP contribution in [0.1, 0.15) is 35.4 Å².